The second-order valence-corrected chi connectivity index (χ2v) is 7.31. The van der Waals surface area contributed by atoms with Crippen molar-refractivity contribution in [1.29, 1.82) is 0 Å². The van der Waals surface area contributed by atoms with Crippen LogP contribution in [0.1, 0.15) is 24.8 Å². The smallest absolute Gasteiger partial charge is 0.165 e. The molecule has 5 heteroatoms. The maximum Gasteiger partial charge on any atom is 0.165 e. The van der Waals surface area contributed by atoms with Crippen LogP contribution in [0.3, 0.4) is 0 Å². The van der Waals surface area contributed by atoms with Gasteiger partial charge in [-0.15, -0.1) is 0 Å². The van der Waals surface area contributed by atoms with Crippen LogP contribution >= 0.6 is 27.7 Å². The van der Waals surface area contributed by atoms with Gasteiger partial charge < -0.3 is 14.2 Å². The first-order valence-corrected chi connectivity index (χ1v) is 9.64. The summed E-state index contributed by atoms with van der Waals surface area (Å²) in [5.41, 5.74) is 1.18. The second kappa shape index (κ2) is 6.80. The number of hydrogen-bond donors (Lipinski definition) is 0. The fraction of sp³-hybridized carbons (Fsp3) is 0.625. The summed E-state index contributed by atoms with van der Waals surface area (Å²) < 4.78 is 17.9. The first-order chi connectivity index (χ1) is 10.3. The van der Waals surface area contributed by atoms with Gasteiger partial charge in [0.2, 0.25) is 0 Å². The summed E-state index contributed by atoms with van der Waals surface area (Å²) in [7, 11) is 1.69. The van der Waals surface area contributed by atoms with Crippen molar-refractivity contribution in [3.05, 3.63) is 23.8 Å². The molecule has 1 aromatic rings. The summed E-state index contributed by atoms with van der Waals surface area (Å²) >= 11 is 5.52. The second-order valence-electron chi connectivity index (χ2n) is 5.65. The molecule has 21 heavy (non-hydrogen) atoms. The number of alkyl halides is 1. The van der Waals surface area contributed by atoms with Crippen LogP contribution in [0.4, 0.5) is 0 Å². The molecule has 0 amide bonds. The van der Waals surface area contributed by atoms with Crippen molar-refractivity contribution in [1.82, 2.24) is 0 Å². The standard InChI is InChI=1S/C16H21BrO3S/c1-18-14-4-2-3-12(10-17)15(14)20-13-5-7-19-16(9-13)6-8-21-11-16/h2-4,13H,5-11H2,1H3. The van der Waals surface area contributed by atoms with Gasteiger partial charge in [0, 0.05) is 29.5 Å². The molecule has 2 atom stereocenters. The zero-order valence-electron chi connectivity index (χ0n) is 12.3. The van der Waals surface area contributed by atoms with E-state index in [1.165, 1.54) is 5.75 Å². The lowest BCUT2D eigenvalue weighted by Gasteiger charge is -2.38. The Bertz CT molecular complexity index is 466. The maximum absolute atomic E-state index is 6.34. The van der Waals surface area contributed by atoms with E-state index in [4.69, 9.17) is 14.2 Å². The Hall–Kier alpha value is -0.390. The molecule has 0 saturated carbocycles. The molecule has 2 heterocycles. The van der Waals surface area contributed by atoms with Gasteiger partial charge in [-0.05, 0) is 18.2 Å². The van der Waals surface area contributed by atoms with Gasteiger partial charge in [0.1, 0.15) is 6.10 Å². The van der Waals surface area contributed by atoms with Gasteiger partial charge >= 0.3 is 0 Å². The third-order valence-corrected chi connectivity index (χ3v) is 6.05. The molecule has 0 aliphatic carbocycles. The van der Waals surface area contributed by atoms with Crippen LogP contribution in [0.25, 0.3) is 0 Å². The van der Waals surface area contributed by atoms with Gasteiger partial charge in [-0.25, -0.2) is 0 Å². The van der Waals surface area contributed by atoms with Gasteiger partial charge in [-0.1, -0.05) is 28.1 Å². The van der Waals surface area contributed by atoms with E-state index in [0.717, 1.165) is 54.0 Å². The van der Waals surface area contributed by atoms with Gasteiger partial charge in [0.25, 0.3) is 0 Å². The van der Waals surface area contributed by atoms with Crippen molar-refractivity contribution in [3.63, 3.8) is 0 Å². The van der Waals surface area contributed by atoms with Crippen LogP contribution in [-0.4, -0.2) is 36.9 Å². The molecule has 2 unspecified atom stereocenters. The summed E-state index contributed by atoms with van der Waals surface area (Å²) in [4.78, 5) is 0. The largest absolute Gasteiger partial charge is 0.493 e. The molecule has 2 saturated heterocycles. The number of hydrogen-bond acceptors (Lipinski definition) is 4. The van der Waals surface area contributed by atoms with E-state index in [1.54, 1.807) is 7.11 Å². The number of halogens is 1. The van der Waals surface area contributed by atoms with Crippen LogP contribution in [0.5, 0.6) is 11.5 Å². The Morgan fingerprint density at radius 1 is 1.48 bits per heavy atom. The van der Waals surface area contributed by atoms with Crippen LogP contribution in [-0.2, 0) is 10.1 Å². The summed E-state index contributed by atoms with van der Waals surface area (Å²) in [5, 5.41) is 0.768. The fourth-order valence-electron chi connectivity index (χ4n) is 3.07. The van der Waals surface area contributed by atoms with Gasteiger partial charge in [0.05, 0.1) is 19.3 Å². The number of methoxy groups -OCH3 is 1. The molecule has 0 bridgehead atoms. The minimum Gasteiger partial charge on any atom is -0.493 e. The number of benzene rings is 1. The SMILES string of the molecule is COc1cccc(CBr)c1OC1CCOC2(CCSC2)C1. The van der Waals surface area contributed by atoms with Crippen molar-refractivity contribution in [3.8, 4) is 11.5 Å². The van der Waals surface area contributed by atoms with Crippen LogP contribution < -0.4 is 9.47 Å². The highest BCUT2D eigenvalue weighted by Gasteiger charge is 2.41. The number of rotatable bonds is 4. The van der Waals surface area contributed by atoms with Crippen molar-refractivity contribution < 1.29 is 14.2 Å². The Morgan fingerprint density at radius 3 is 3.10 bits per heavy atom. The number of para-hydroxylation sites is 1. The van der Waals surface area contributed by atoms with E-state index in [-0.39, 0.29) is 11.7 Å². The summed E-state index contributed by atoms with van der Waals surface area (Å²) in [6.45, 7) is 0.796. The van der Waals surface area contributed by atoms with E-state index < -0.39 is 0 Å². The zero-order chi connectivity index (χ0) is 14.7. The van der Waals surface area contributed by atoms with Crippen molar-refractivity contribution in [2.75, 3.05) is 25.2 Å². The average molecular weight is 373 g/mol. The molecule has 3 nitrogen and oxygen atoms in total. The fourth-order valence-corrected chi connectivity index (χ4v) is 4.89. The lowest BCUT2D eigenvalue weighted by Crippen LogP contribution is -2.43. The van der Waals surface area contributed by atoms with Gasteiger partial charge in [0.15, 0.2) is 11.5 Å². The lowest BCUT2D eigenvalue weighted by molar-refractivity contribution is -0.0962. The van der Waals surface area contributed by atoms with Gasteiger partial charge in [-0.3, -0.25) is 0 Å². The first-order valence-electron chi connectivity index (χ1n) is 7.36. The molecule has 2 fully saturated rings. The normalized spacial score (nSPS) is 28.8. The molecule has 0 radical (unpaired) electrons. The van der Waals surface area contributed by atoms with Crippen LogP contribution in [0, 0.1) is 0 Å². The van der Waals surface area contributed by atoms with Gasteiger partial charge in [-0.2, -0.15) is 11.8 Å². The zero-order valence-corrected chi connectivity index (χ0v) is 14.7. The predicted molar refractivity (Wildman–Crippen MR) is 89.9 cm³/mol. The van der Waals surface area contributed by atoms with Crippen molar-refractivity contribution >= 4 is 27.7 Å². The highest BCUT2D eigenvalue weighted by molar-refractivity contribution is 9.08. The molecule has 116 valence electrons. The van der Waals surface area contributed by atoms with E-state index in [9.17, 15) is 0 Å². The number of thioether (sulfide) groups is 1. The van der Waals surface area contributed by atoms with Crippen molar-refractivity contribution in [2.24, 2.45) is 0 Å². The van der Waals surface area contributed by atoms with E-state index in [0.29, 0.717) is 0 Å². The Labute approximate surface area is 138 Å². The first kappa shape index (κ1) is 15.5. The molecular weight excluding hydrogens is 352 g/mol. The number of ether oxygens (including phenoxy) is 3. The highest BCUT2D eigenvalue weighted by atomic mass is 79.9. The van der Waals surface area contributed by atoms with E-state index in [1.807, 2.05) is 23.9 Å². The molecule has 0 aromatic heterocycles. The highest BCUT2D eigenvalue weighted by Crippen LogP contribution is 2.41. The molecule has 1 spiro atoms. The Morgan fingerprint density at radius 2 is 2.38 bits per heavy atom. The Balaban J connectivity index is 1.77. The van der Waals surface area contributed by atoms with E-state index >= 15 is 0 Å². The molecule has 3 rings (SSSR count). The monoisotopic (exact) mass is 372 g/mol. The Kier molecular flexibility index (Phi) is 5.02. The third kappa shape index (κ3) is 3.35. The molecule has 2 aliphatic rings. The third-order valence-electron chi connectivity index (χ3n) is 4.22. The lowest BCUT2D eigenvalue weighted by atomic mass is 9.91. The maximum atomic E-state index is 6.34. The van der Waals surface area contributed by atoms with Crippen molar-refractivity contribution in [2.45, 2.75) is 36.3 Å². The topological polar surface area (TPSA) is 27.7 Å². The molecule has 0 N–H and O–H groups in total. The molecule has 2 aliphatic heterocycles. The predicted octanol–water partition coefficient (Wildman–Crippen LogP) is 4.02. The molecule has 1 aromatic carbocycles. The summed E-state index contributed by atoms with van der Waals surface area (Å²) in [6, 6.07) is 6.04. The molecular formula is C16H21BrO3S. The quantitative estimate of drug-likeness (QED) is 0.745. The minimum atomic E-state index is 0.0458. The summed E-state index contributed by atoms with van der Waals surface area (Å²) in [5.74, 6) is 4.00. The average Bonchev–Trinajstić information content (AvgIpc) is 2.95. The van der Waals surface area contributed by atoms with Crippen LogP contribution in [0.15, 0.2) is 18.2 Å². The summed E-state index contributed by atoms with van der Waals surface area (Å²) in [6.07, 6.45) is 3.30. The minimum absolute atomic E-state index is 0.0458. The van der Waals surface area contributed by atoms with E-state index in [2.05, 4.69) is 22.0 Å². The van der Waals surface area contributed by atoms with Crippen LogP contribution in [0.2, 0.25) is 0 Å².